The predicted molar refractivity (Wildman–Crippen MR) is 99.9 cm³/mol. The van der Waals surface area contributed by atoms with Gasteiger partial charge in [0.1, 0.15) is 5.58 Å². The fourth-order valence-corrected chi connectivity index (χ4v) is 3.88. The maximum atomic E-state index is 12.3. The van der Waals surface area contributed by atoms with Crippen LogP contribution >= 0.6 is 11.6 Å². The Bertz CT molecular complexity index is 1060. The molecule has 2 N–H and O–H groups in total. The van der Waals surface area contributed by atoms with E-state index in [0.29, 0.717) is 10.6 Å². The summed E-state index contributed by atoms with van der Waals surface area (Å²) in [7, 11) is -3.68. The van der Waals surface area contributed by atoms with Crippen molar-refractivity contribution in [1.82, 2.24) is 10.0 Å². The molecule has 0 aliphatic carbocycles. The van der Waals surface area contributed by atoms with Gasteiger partial charge in [0, 0.05) is 29.1 Å². The van der Waals surface area contributed by atoms with Gasteiger partial charge in [-0.05, 0) is 31.2 Å². The van der Waals surface area contributed by atoms with Crippen molar-refractivity contribution in [1.29, 1.82) is 0 Å². The molecule has 0 spiro atoms. The van der Waals surface area contributed by atoms with Gasteiger partial charge in [-0.15, -0.1) is 0 Å². The fraction of sp³-hybridized carbons (Fsp3) is 0.167. The van der Waals surface area contributed by atoms with E-state index in [4.69, 9.17) is 16.0 Å². The van der Waals surface area contributed by atoms with E-state index < -0.39 is 10.0 Å². The highest BCUT2D eigenvalue weighted by Gasteiger charge is 2.18. The van der Waals surface area contributed by atoms with Crippen molar-refractivity contribution in [2.75, 3.05) is 13.1 Å². The third-order valence-corrected chi connectivity index (χ3v) is 5.55. The Labute approximate surface area is 156 Å². The number of sulfonamides is 1. The van der Waals surface area contributed by atoms with Crippen LogP contribution in [0.3, 0.4) is 0 Å². The largest absolute Gasteiger partial charge is 0.451 e. The maximum absolute atomic E-state index is 12.3. The fourth-order valence-electron chi connectivity index (χ4n) is 2.55. The summed E-state index contributed by atoms with van der Waals surface area (Å²) in [6, 6.07) is 13.3. The zero-order chi connectivity index (χ0) is 18.7. The van der Waals surface area contributed by atoms with E-state index >= 15 is 0 Å². The Morgan fingerprint density at radius 3 is 2.62 bits per heavy atom. The lowest BCUT2D eigenvalue weighted by molar-refractivity contribution is 0.0928. The molecule has 0 aliphatic heterocycles. The molecule has 1 heterocycles. The second-order valence-corrected chi connectivity index (χ2v) is 7.87. The van der Waals surface area contributed by atoms with Gasteiger partial charge in [-0.3, -0.25) is 4.79 Å². The minimum Gasteiger partial charge on any atom is -0.451 e. The van der Waals surface area contributed by atoms with E-state index in [2.05, 4.69) is 10.0 Å². The molecule has 0 unspecified atom stereocenters. The van der Waals surface area contributed by atoms with Gasteiger partial charge in [0.15, 0.2) is 5.76 Å². The van der Waals surface area contributed by atoms with Crippen LogP contribution in [0.2, 0.25) is 5.02 Å². The van der Waals surface area contributed by atoms with Crippen molar-refractivity contribution < 1.29 is 17.6 Å². The van der Waals surface area contributed by atoms with Crippen LogP contribution in [-0.2, 0) is 10.0 Å². The number of nitrogens with one attached hydrogen (secondary N) is 2. The molecule has 0 fully saturated rings. The number of benzene rings is 2. The molecule has 3 rings (SSSR count). The Hall–Kier alpha value is -2.35. The quantitative estimate of drug-likeness (QED) is 0.631. The summed E-state index contributed by atoms with van der Waals surface area (Å²) in [5, 5.41) is 3.86. The first kappa shape index (κ1) is 18.4. The van der Waals surface area contributed by atoms with Gasteiger partial charge >= 0.3 is 0 Å². The third kappa shape index (κ3) is 3.90. The van der Waals surface area contributed by atoms with Crippen LogP contribution in [0.1, 0.15) is 16.1 Å². The van der Waals surface area contributed by atoms with Gasteiger partial charge in [0.25, 0.3) is 5.91 Å². The zero-order valence-corrected chi connectivity index (χ0v) is 15.5. The van der Waals surface area contributed by atoms with Crippen molar-refractivity contribution in [3.63, 3.8) is 0 Å². The number of hydrogen-bond acceptors (Lipinski definition) is 4. The molecule has 0 saturated heterocycles. The molecule has 6 nitrogen and oxygen atoms in total. The van der Waals surface area contributed by atoms with E-state index in [0.717, 1.165) is 10.9 Å². The highest BCUT2D eigenvalue weighted by molar-refractivity contribution is 7.89. The summed E-state index contributed by atoms with van der Waals surface area (Å²) >= 11 is 5.81. The number of amides is 1. The number of halogens is 1. The molecule has 8 heteroatoms. The molecular formula is C18H17ClN2O4S. The zero-order valence-electron chi connectivity index (χ0n) is 14.0. The van der Waals surface area contributed by atoms with Gasteiger partial charge in [-0.1, -0.05) is 35.9 Å². The Kier molecular flexibility index (Phi) is 5.31. The van der Waals surface area contributed by atoms with Crippen molar-refractivity contribution >= 4 is 38.5 Å². The predicted octanol–water partition coefficient (Wildman–Crippen LogP) is 3.10. The van der Waals surface area contributed by atoms with E-state index in [9.17, 15) is 13.2 Å². The molecular weight excluding hydrogens is 376 g/mol. The van der Waals surface area contributed by atoms with Crippen molar-refractivity contribution in [3.8, 4) is 0 Å². The van der Waals surface area contributed by atoms with E-state index in [1.54, 1.807) is 18.2 Å². The van der Waals surface area contributed by atoms with Crippen LogP contribution in [0.4, 0.5) is 0 Å². The molecule has 0 saturated carbocycles. The maximum Gasteiger partial charge on any atom is 0.287 e. The van der Waals surface area contributed by atoms with Gasteiger partial charge in [0.05, 0.1) is 4.90 Å². The smallest absolute Gasteiger partial charge is 0.287 e. The molecule has 1 amide bonds. The van der Waals surface area contributed by atoms with Crippen molar-refractivity contribution in [2.45, 2.75) is 11.8 Å². The molecule has 1 aromatic heterocycles. The first-order valence-corrected chi connectivity index (χ1v) is 9.76. The summed E-state index contributed by atoms with van der Waals surface area (Å²) in [6.07, 6.45) is 0. The Balaban J connectivity index is 1.59. The van der Waals surface area contributed by atoms with Gasteiger partial charge in [-0.2, -0.15) is 0 Å². The second-order valence-electron chi connectivity index (χ2n) is 5.66. The first-order valence-electron chi connectivity index (χ1n) is 7.90. The number of carbonyl (C=O) groups is 1. The van der Waals surface area contributed by atoms with Crippen molar-refractivity contribution in [2.24, 2.45) is 0 Å². The molecule has 26 heavy (non-hydrogen) atoms. The molecule has 3 aromatic rings. The summed E-state index contributed by atoms with van der Waals surface area (Å²) in [4.78, 5) is 12.3. The average molecular weight is 393 g/mol. The summed E-state index contributed by atoms with van der Waals surface area (Å²) in [5.41, 5.74) is 1.38. The number of carbonyl (C=O) groups excluding carboxylic acids is 1. The SMILES string of the molecule is Cc1c(C(=O)NCCNS(=O)(=O)c2cccc(Cl)c2)oc2ccccc12. The molecule has 0 radical (unpaired) electrons. The van der Waals surface area contributed by atoms with E-state index in [1.807, 2.05) is 25.1 Å². The normalized spacial score (nSPS) is 11.6. The van der Waals surface area contributed by atoms with Gasteiger partial charge < -0.3 is 9.73 Å². The van der Waals surface area contributed by atoms with E-state index in [1.165, 1.54) is 12.1 Å². The number of aryl methyl sites for hydroxylation is 1. The molecule has 0 atom stereocenters. The summed E-state index contributed by atoms with van der Waals surface area (Å²) in [6.45, 7) is 1.97. The van der Waals surface area contributed by atoms with Gasteiger partial charge in [-0.25, -0.2) is 13.1 Å². The minimum atomic E-state index is -3.68. The number of furan rings is 1. The number of fused-ring (bicyclic) bond motifs is 1. The highest BCUT2D eigenvalue weighted by Crippen LogP contribution is 2.24. The Morgan fingerprint density at radius 2 is 1.88 bits per heavy atom. The number of para-hydroxylation sites is 1. The minimum absolute atomic E-state index is 0.0415. The monoisotopic (exact) mass is 392 g/mol. The number of hydrogen-bond donors (Lipinski definition) is 2. The van der Waals surface area contributed by atoms with Crippen LogP contribution in [0.15, 0.2) is 57.8 Å². The molecule has 2 aromatic carbocycles. The molecule has 0 aliphatic rings. The summed E-state index contributed by atoms with van der Waals surface area (Å²) < 4.78 is 32.3. The van der Waals surface area contributed by atoms with Crippen LogP contribution in [-0.4, -0.2) is 27.4 Å². The highest BCUT2D eigenvalue weighted by atomic mass is 35.5. The number of rotatable bonds is 6. The van der Waals surface area contributed by atoms with Crippen molar-refractivity contribution in [3.05, 3.63) is 64.9 Å². The lowest BCUT2D eigenvalue weighted by Gasteiger charge is -2.08. The van der Waals surface area contributed by atoms with Gasteiger partial charge in [0.2, 0.25) is 10.0 Å². The second kappa shape index (κ2) is 7.49. The lowest BCUT2D eigenvalue weighted by Crippen LogP contribution is -2.34. The van der Waals surface area contributed by atoms with Crippen LogP contribution < -0.4 is 10.0 Å². The van der Waals surface area contributed by atoms with Crippen LogP contribution in [0, 0.1) is 6.92 Å². The average Bonchev–Trinajstić information content (AvgIpc) is 2.96. The standard InChI is InChI=1S/C18H17ClN2O4S/c1-12-15-7-2-3-8-16(15)25-17(12)18(22)20-9-10-21-26(23,24)14-6-4-5-13(19)11-14/h2-8,11,21H,9-10H2,1H3,(H,20,22). The van der Waals surface area contributed by atoms with Crippen LogP contribution in [0.5, 0.6) is 0 Å². The molecule has 0 bridgehead atoms. The van der Waals surface area contributed by atoms with Crippen LogP contribution in [0.25, 0.3) is 11.0 Å². The van der Waals surface area contributed by atoms with E-state index in [-0.39, 0.29) is 29.7 Å². The first-order chi connectivity index (χ1) is 12.4. The topological polar surface area (TPSA) is 88.4 Å². The lowest BCUT2D eigenvalue weighted by atomic mass is 10.1. The third-order valence-electron chi connectivity index (χ3n) is 3.86. The Morgan fingerprint density at radius 1 is 1.12 bits per heavy atom. The molecule has 136 valence electrons. The summed E-state index contributed by atoms with van der Waals surface area (Å²) in [5.74, 6) is -0.162.